The van der Waals surface area contributed by atoms with Gasteiger partial charge in [-0.15, -0.1) is 0 Å². The molecule has 2 nitrogen and oxygen atoms in total. The summed E-state index contributed by atoms with van der Waals surface area (Å²) in [5, 5.41) is 1.06. The lowest BCUT2D eigenvalue weighted by Crippen LogP contribution is -1.93. The SMILES string of the molecule is C=CCOc1ccc2nc(-c3ccc(CCCCCC(C)F)cc3)ccc2c1. The zero-order chi connectivity index (χ0) is 19.8. The molecule has 1 atom stereocenters. The van der Waals surface area contributed by atoms with Crippen LogP contribution in [0.4, 0.5) is 4.39 Å². The molecule has 0 radical (unpaired) electrons. The Labute approximate surface area is 167 Å². The van der Waals surface area contributed by atoms with Gasteiger partial charge in [-0.05, 0) is 56.0 Å². The molecule has 0 bridgehead atoms. The monoisotopic (exact) mass is 377 g/mol. The summed E-state index contributed by atoms with van der Waals surface area (Å²) < 4.78 is 18.4. The predicted molar refractivity (Wildman–Crippen MR) is 116 cm³/mol. The summed E-state index contributed by atoms with van der Waals surface area (Å²) in [6.07, 6.45) is 5.93. The standard InChI is InChI=1S/C25H28FNO/c1-3-17-28-23-14-16-25-22(18-23)13-15-24(27-25)21-11-9-20(10-12-21)8-6-4-5-7-19(2)26/h3,9-16,18-19H,1,4-8,17H2,2H3. The van der Waals surface area contributed by atoms with Gasteiger partial charge >= 0.3 is 0 Å². The Balaban J connectivity index is 1.62. The molecule has 28 heavy (non-hydrogen) atoms. The zero-order valence-corrected chi connectivity index (χ0v) is 16.5. The minimum Gasteiger partial charge on any atom is -0.490 e. The second kappa shape index (κ2) is 10.0. The molecular weight excluding hydrogens is 349 g/mol. The number of aromatic nitrogens is 1. The minimum atomic E-state index is -0.681. The molecule has 0 saturated carbocycles. The van der Waals surface area contributed by atoms with Gasteiger partial charge in [-0.25, -0.2) is 9.37 Å². The van der Waals surface area contributed by atoms with Crippen LogP contribution in [0.1, 0.15) is 38.2 Å². The van der Waals surface area contributed by atoms with Crippen LogP contribution in [0.2, 0.25) is 0 Å². The van der Waals surface area contributed by atoms with Crippen molar-refractivity contribution >= 4 is 10.9 Å². The van der Waals surface area contributed by atoms with E-state index in [-0.39, 0.29) is 0 Å². The van der Waals surface area contributed by atoms with Gasteiger partial charge in [0.05, 0.1) is 17.4 Å². The van der Waals surface area contributed by atoms with Gasteiger partial charge in [-0.2, -0.15) is 0 Å². The number of nitrogens with zero attached hydrogens (tertiary/aromatic N) is 1. The maximum atomic E-state index is 12.8. The van der Waals surface area contributed by atoms with E-state index in [0.717, 1.165) is 53.6 Å². The molecule has 0 spiro atoms. The van der Waals surface area contributed by atoms with Gasteiger partial charge in [0, 0.05) is 10.9 Å². The third-order valence-electron chi connectivity index (χ3n) is 4.85. The number of hydrogen-bond acceptors (Lipinski definition) is 2. The second-order valence-corrected chi connectivity index (χ2v) is 7.23. The molecular formula is C25H28FNO. The van der Waals surface area contributed by atoms with E-state index in [9.17, 15) is 4.39 Å². The molecule has 1 aromatic heterocycles. The molecule has 3 rings (SSSR count). The average Bonchev–Trinajstić information content (AvgIpc) is 2.71. The summed E-state index contributed by atoms with van der Waals surface area (Å²) in [4.78, 5) is 4.79. The Bertz CT molecular complexity index is 902. The Morgan fingerprint density at radius 2 is 1.86 bits per heavy atom. The van der Waals surface area contributed by atoms with E-state index in [1.807, 2.05) is 24.3 Å². The maximum Gasteiger partial charge on any atom is 0.120 e. The molecule has 0 aliphatic rings. The summed E-state index contributed by atoms with van der Waals surface area (Å²) in [6.45, 7) is 5.80. The Morgan fingerprint density at radius 1 is 1.04 bits per heavy atom. The highest BCUT2D eigenvalue weighted by Gasteiger charge is 2.04. The van der Waals surface area contributed by atoms with Crippen molar-refractivity contribution in [2.24, 2.45) is 0 Å². The average molecular weight is 378 g/mol. The van der Waals surface area contributed by atoms with E-state index >= 15 is 0 Å². The Hall–Kier alpha value is -2.68. The van der Waals surface area contributed by atoms with Gasteiger partial charge in [-0.1, -0.05) is 55.8 Å². The molecule has 3 heteroatoms. The van der Waals surface area contributed by atoms with Crippen LogP contribution in [-0.4, -0.2) is 17.8 Å². The first-order valence-electron chi connectivity index (χ1n) is 10.0. The van der Waals surface area contributed by atoms with Crippen LogP contribution in [-0.2, 0) is 6.42 Å². The predicted octanol–water partition coefficient (Wildman–Crippen LogP) is 6.93. The van der Waals surface area contributed by atoms with Gasteiger partial charge in [0.2, 0.25) is 0 Å². The van der Waals surface area contributed by atoms with Crippen LogP contribution < -0.4 is 4.74 Å². The van der Waals surface area contributed by atoms with E-state index in [2.05, 4.69) is 36.9 Å². The number of rotatable bonds is 10. The normalized spacial score (nSPS) is 12.1. The second-order valence-electron chi connectivity index (χ2n) is 7.23. The number of alkyl halides is 1. The first-order chi connectivity index (χ1) is 13.7. The highest BCUT2D eigenvalue weighted by Crippen LogP contribution is 2.25. The third kappa shape index (κ3) is 5.66. The summed E-state index contributed by atoms with van der Waals surface area (Å²) in [5.74, 6) is 0.826. The van der Waals surface area contributed by atoms with Gasteiger partial charge in [-0.3, -0.25) is 0 Å². The molecule has 0 fully saturated rings. The van der Waals surface area contributed by atoms with Crippen molar-refractivity contribution < 1.29 is 9.13 Å². The lowest BCUT2D eigenvalue weighted by Gasteiger charge is -2.08. The van der Waals surface area contributed by atoms with Crippen LogP contribution >= 0.6 is 0 Å². The van der Waals surface area contributed by atoms with Crippen molar-refractivity contribution in [3.05, 3.63) is 72.8 Å². The molecule has 0 saturated heterocycles. The van der Waals surface area contributed by atoms with Crippen molar-refractivity contribution in [1.82, 2.24) is 4.98 Å². The van der Waals surface area contributed by atoms with Gasteiger partial charge in [0.15, 0.2) is 0 Å². The first-order valence-corrected chi connectivity index (χ1v) is 10.0. The van der Waals surface area contributed by atoms with Crippen LogP contribution in [0.5, 0.6) is 5.75 Å². The molecule has 0 amide bonds. The maximum absolute atomic E-state index is 12.8. The van der Waals surface area contributed by atoms with Crippen LogP contribution in [0.15, 0.2) is 67.3 Å². The van der Waals surface area contributed by atoms with Crippen molar-refractivity contribution in [2.45, 2.75) is 45.2 Å². The fourth-order valence-electron chi connectivity index (χ4n) is 3.28. The smallest absolute Gasteiger partial charge is 0.120 e. The van der Waals surface area contributed by atoms with Crippen LogP contribution in [0.3, 0.4) is 0 Å². The highest BCUT2D eigenvalue weighted by atomic mass is 19.1. The number of benzene rings is 2. The molecule has 1 unspecified atom stereocenters. The number of unbranched alkanes of at least 4 members (excludes halogenated alkanes) is 2. The quantitative estimate of drug-likeness (QED) is 0.282. The summed E-state index contributed by atoms with van der Waals surface area (Å²) in [7, 11) is 0. The fourth-order valence-corrected chi connectivity index (χ4v) is 3.28. The lowest BCUT2D eigenvalue weighted by molar-refractivity contribution is 0.330. The zero-order valence-electron chi connectivity index (χ0n) is 16.5. The number of aryl methyl sites for hydroxylation is 1. The van der Waals surface area contributed by atoms with Gasteiger partial charge in [0.1, 0.15) is 12.4 Å². The molecule has 0 aliphatic carbocycles. The molecule has 2 aromatic carbocycles. The van der Waals surface area contributed by atoms with Crippen molar-refractivity contribution in [3.8, 4) is 17.0 Å². The number of hydrogen-bond donors (Lipinski definition) is 0. The van der Waals surface area contributed by atoms with Crippen molar-refractivity contribution in [2.75, 3.05) is 6.61 Å². The van der Waals surface area contributed by atoms with Crippen LogP contribution in [0.25, 0.3) is 22.2 Å². The van der Waals surface area contributed by atoms with Gasteiger partial charge in [0.25, 0.3) is 0 Å². The molecule has 0 aliphatic heterocycles. The molecule has 3 aromatic rings. The van der Waals surface area contributed by atoms with Crippen molar-refractivity contribution in [1.29, 1.82) is 0 Å². The van der Waals surface area contributed by atoms with E-state index in [0.29, 0.717) is 13.0 Å². The Kier molecular flexibility index (Phi) is 7.18. The van der Waals surface area contributed by atoms with E-state index in [4.69, 9.17) is 9.72 Å². The summed E-state index contributed by atoms with van der Waals surface area (Å²) >= 11 is 0. The lowest BCUT2D eigenvalue weighted by atomic mass is 10.0. The minimum absolute atomic E-state index is 0.498. The van der Waals surface area contributed by atoms with E-state index in [1.54, 1.807) is 13.0 Å². The van der Waals surface area contributed by atoms with Crippen LogP contribution in [0, 0.1) is 0 Å². The summed E-state index contributed by atoms with van der Waals surface area (Å²) in [5.41, 5.74) is 4.36. The van der Waals surface area contributed by atoms with E-state index in [1.165, 1.54) is 5.56 Å². The highest BCUT2D eigenvalue weighted by molar-refractivity contribution is 5.82. The topological polar surface area (TPSA) is 22.1 Å². The third-order valence-corrected chi connectivity index (χ3v) is 4.85. The number of ether oxygens (including phenoxy) is 1. The van der Waals surface area contributed by atoms with E-state index < -0.39 is 6.17 Å². The molecule has 1 heterocycles. The van der Waals surface area contributed by atoms with Gasteiger partial charge < -0.3 is 4.74 Å². The Morgan fingerprint density at radius 3 is 2.61 bits per heavy atom. The summed E-state index contributed by atoms with van der Waals surface area (Å²) in [6, 6.07) is 18.7. The van der Waals surface area contributed by atoms with Crippen molar-refractivity contribution in [3.63, 3.8) is 0 Å². The number of halogens is 1. The molecule has 0 N–H and O–H groups in total. The molecule has 146 valence electrons. The largest absolute Gasteiger partial charge is 0.490 e. The fraction of sp³-hybridized carbons (Fsp3) is 0.320. The first kappa shape index (κ1) is 20.1. The number of fused-ring (bicyclic) bond motifs is 1. The number of pyridine rings is 1.